The number of ether oxygens (including phenoxy) is 1. The van der Waals surface area contributed by atoms with Crippen molar-refractivity contribution in [1.29, 1.82) is 0 Å². The number of carbonyl (C=O) groups excluding carboxylic acids is 2. The van der Waals surface area contributed by atoms with Gasteiger partial charge in [0.05, 0.1) is 19.7 Å². The Balaban J connectivity index is 1.69. The van der Waals surface area contributed by atoms with Gasteiger partial charge in [-0.15, -0.1) is 0 Å². The minimum absolute atomic E-state index is 0.0835. The van der Waals surface area contributed by atoms with Gasteiger partial charge in [-0.2, -0.15) is 0 Å². The molecule has 1 fully saturated rings. The number of carbonyl (C=O) groups is 2. The van der Waals surface area contributed by atoms with E-state index in [1.807, 2.05) is 6.92 Å². The summed E-state index contributed by atoms with van der Waals surface area (Å²) in [5, 5.41) is 0. The van der Waals surface area contributed by atoms with Crippen LogP contribution in [0.25, 0.3) is 12.2 Å². The Morgan fingerprint density at radius 3 is 1.78 bits per heavy atom. The monoisotopic (exact) mass is 509 g/mol. The van der Waals surface area contributed by atoms with Crippen molar-refractivity contribution >= 4 is 23.8 Å². The van der Waals surface area contributed by atoms with E-state index in [0.717, 1.165) is 30.7 Å². The number of nitrogens with zero attached hydrogens (tertiary/aromatic N) is 1. The molecule has 37 heavy (non-hydrogen) atoms. The van der Waals surface area contributed by atoms with Gasteiger partial charge in [0.1, 0.15) is 5.75 Å². The first kappa shape index (κ1) is 25.9. The van der Waals surface area contributed by atoms with Gasteiger partial charge in [0.15, 0.2) is 29.1 Å². The number of rotatable bonds is 6. The van der Waals surface area contributed by atoms with Crippen LogP contribution >= 0.6 is 0 Å². The van der Waals surface area contributed by atoms with Crippen molar-refractivity contribution in [1.82, 2.24) is 4.90 Å². The van der Waals surface area contributed by atoms with E-state index >= 15 is 0 Å². The third-order valence-electron chi connectivity index (χ3n) is 5.74. The summed E-state index contributed by atoms with van der Waals surface area (Å²) in [6.45, 7) is 2.35. The Hall–Kier alpha value is -4.20. The summed E-state index contributed by atoms with van der Waals surface area (Å²) >= 11 is 0. The molecule has 1 saturated heterocycles. The van der Waals surface area contributed by atoms with Gasteiger partial charge >= 0.3 is 0 Å². The number of halogens is 4. The number of likely N-dealkylation sites (tertiary alicyclic amines) is 1. The number of hydrogen-bond acceptors (Lipinski definition) is 3. The van der Waals surface area contributed by atoms with Crippen molar-refractivity contribution in [3.05, 3.63) is 112 Å². The maximum absolute atomic E-state index is 13.8. The molecule has 1 heterocycles. The number of ketones is 1. The van der Waals surface area contributed by atoms with Gasteiger partial charge in [-0.3, -0.25) is 9.59 Å². The minimum atomic E-state index is -1.08. The molecule has 4 nitrogen and oxygen atoms in total. The fourth-order valence-electron chi connectivity index (χ4n) is 3.89. The summed E-state index contributed by atoms with van der Waals surface area (Å²) in [7, 11) is 0. The Kier molecular flexibility index (Phi) is 7.86. The molecule has 0 radical (unpaired) electrons. The first-order valence-corrected chi connectivity index (χ1v) is 11.6. The third-order valence-corrected chi connectivity index (χ3v) is 5.74. The molecule has 0 unspecified atom stereocenters. The summed E-state index contributed by atoms with van der Waals surface area (Å²) in [6.07, 6.45) is 3.60. The lowest BCUT2D eigenvalue weighted by Crippen LogP contribution is -2.41. The summed E-state index contributed by atoms with van der Waals surface area (Å²) in [5.74, 6) is -4.41. The molecule has 0 bridgehead atoms. The molecule has 4 rings (SSSR count). The molecule has 190 valence electrons. The molecule has 0 spiro atoms. The lowest BCUT2D eigenvalue weighted by molar-refractivity contribution is -0.113. The van der Waals surface area contributed by atoms with Crippen molar-refractivity contribution in [2.45, 2.75) is 13.3 Å². The van der Waals surface area contributed by atoms with E-state index in [-0.39, 0.29) is 41.3 Å². The second-order valence-electron chi connectivity index (χ2n) is 8.55. The largest absolute Gasteiger partial charge is 0.494 e. The predicted octanol–water partition coefficient (Wildman–Crippen LogP) is 6.22. The lowest BCUT2D eigenvalue weighted by Gasteiger charge is -2.30. The Labute approximate surface area is 211 Å². The summed E-state index contributed by atoms with van der Waals surface area (Å²) in [4.78, 5) is 28.0. The van der Waals surface area contributed by atoms with Crippen molar-refractivity contribution in [2.75, 3.05) is 19.7 Å². The number of amides is 1. The van der Waals surface area contributed by atoms with Gasteiger partial charge in [0.2, 0.25) is 0 Å². The molecule has 1 aliphatic rings. The molecule has 1 amide bonds. The van der Waals surface area contributed by atoms with E-state index in [2.05, 4.69) is 0 Å². The van der Waals surface area contributed by atoms with Crippen LogP contribution in [-0.2, 0) is 4.79 Å². The second-order valence-corrected chi connectivity index (χ2v) is 8.55. The average molecular weight is 509 g/mol. The van der Waals surface area contributed by atoms with E-state index < -0.39 is 29.1 Å². The SMILES string of the molecule is CCCOc1ccc(C(=O)N2C/C(=C\c3ccc(F)c(F)c3)C(=O)/C(=C/c3ccc(F)c(F)c3)C2)cc1. The summed E-state index contributed by atoms with van der Waals surface area (Å²) < 4.78 is 59.8. The second kappa shape index (κ2) is 11.2. The standard InChI is InChI=1S/C29H23F4NO3/c1-2-11-37-23-7-5-20(6-8-23)29(36)34-16-21(12-18-3-9-24(30)26(32)14-18)28(35)22(17-34)13-19-4-10-25(31)27(33)15-19/h3-10,12-15H,2,11,16-17H2,1H3/b21-12+,22-13+. The molecule has 3 aromatic rings. The number of piperidine rings is 1. The summed E-state index contributed by atoms with van der Waals surface area (Å²) in [5.41, 5.74) is 1.14. The van der Waals surface area contributed by atoms with E-state index in [9.17, 15) is 27.2 Å². The van der Waals surface area contributed by atoms with Gasteiger partial charge in [-0.25, -0.2) is 17.6 Å². The molecule has 0 aromatic heterocycles. The Morgan fingerprint density at radius 1 is 0.811 bits per heavy atom. The van der Waals surface area contributed by atoms with Crippen LogP contribution in [0.4, 0.5) is 17.6 Å². The molecule has 3 aromatic carbocycles. The molecular weight excluding hydrogens is 486 g/mol. The van der Waals surface area contributed by atoms with E-state index in [4.69, 9.17) is 4.74 Å². The molecule has 0 N–H and O–H groups in total. The fourth-order valence-corrected chi connectivity index (χ4v) is 3.89. The van der Waals surface area contributed by atoms with Gasteiger partial charge in [0.25, 0.3) is 5.91 Å². The van der Waals surface area contributed by atoms with Gasteiger partial charge in [-0.05, 0) is 78.2 Å². The quantitative estimate of drug-likeness (QED) is 0.293. The van der Waals surface area contributed by atoms with E-state index in [1.54, 1.807) is 24.3 Å². The molecule has 0 saturated carbocycles. The van der Waals surface area contributed by atoms with Gasteiger partial charge in [-0.1, -0.05) is 19.1 Å². The zero-order chi connectivity index (χ0) is 26.5. The van der Waals surface area contributed by atoms with Crippen LogP contribution in [-0.4, -0.2) is 36.3 Å². The van der Waals surface area contributed by atoms with Crippen molar-refractivity contribution in [3.8, 4) is 5.75 Å². The smallest absolute Gasteiger partial charge is 0.254 e. The van der Waals surface area contributed by atoms with Crippen LogP contribution in [0.15, 0.2) is 71.8 Å². The highest BCUT2D eigenvalue weighted by Crippen LogP contribution is 2.25. The van der Waals surface area contributed by atoms with Crippen LogP contribution in [0.2, 0.25) is 0 Å². The zero-order valence-corrected chi connectivity index (χ0v) is 19.9. The zero-order valence-electron chi connectivity index (χ0n) is 19.9. The molecule has 0 atom stereocenters. The molecule has 0 aliphatic carbocycles. The Morgan fingerprint density at radius 2 is 1.32 bits per heavy atom. The van der Waals surface area contributed by atoms with E-state index in [1.165, 1.54) is 29.2 Å². The lowest BCUT2D eigenvalue weighted by atomic mass is 9.93. The number of benzene rings is 3. The number of hydrogen-bond donors (Lipinski definition) is 0. The molecule has 1 aliphatic heterocycles. The van der Waals surface area contributed by atoms with Gasteiger partial charge < -0.3 is 9.64 Å². The van der Waals surface area contributed by atoms with Crippen LogP contribution in [0.3, 0.4) is 0 Å². The maximum Gasteiger partial charge on any atom is 0.254 e. The van der Waals surface area contributed by atoms with Crippen LogP contribution in [0.1, 0.15) is 34.8 Å². The number of Topliss-reactive ketones (excluding diaryl/α,β-unsaturated/α-hetero) is 1. The van der Waals surface area contributed by atoms with Crippen LogP contribution < -0.4 is 4.74 Å². The molecule has 8 heteroatoms. The first-order chi connectivity index (χ1) is 17.7. The topological polar surface area (TPSA) is 46.6 Å². The highest BCUT2D eigenvalue weighted by molar-refractivity contribution is 6.15. The molecular formula is C29H23F4NO3. The van der Waals surface area contributed by atoms with E-state index in [0.29, 0.717) is 17.9 Å². The van der Waals surface area contributed by atoms with Crippen molar-refractivity contribution < 1.29 is 31.9 Å². The highest BCUT2D eigenvalue weighted by Gasteiger charge is 2.30. The van der Waals surface area contributed by atoms with Crippen molar-refractivity contribution in [3.63, 3.8) is 0 Å². The highest BCUT2D eigenvalue weighted by atomic mass is 19.2. The Bertz CT molecular complexity index is 1320. The van der Waals surface area contributed by atoms with Crippen LogP contribution in [0, 0.1) is 23.3 Å². The first-order valence-electron chi connectivity index (χ1n) is 11.6. The third kappa shape index (κ3) is 6.14. The predicted molar refractivity (Wildman–Crippen MR) is 132 cm³/mol. The maximum atomic E-state index is 13.8. The normalized spacial score (nSPS) is 15.9. The average Bonchev–Trinajstić information content (AvgIpc) is 2.89. The van der Waals surface area contributed by atoms with Crippen molar-refractivity contribution in [2.24, 2.45) is 0 Å². The fraction of sp³-hybridized carbons (Fsp3) is 0.172. The van der Waals surface area contributed by atoms with Crippen LogP contribution in [0.5, 0.6) is 5.75 Å². The summed E-state index contributed by atoms with van der Waals surface area (Å²) in [6, 6.07) is 13.0. The minimum Gasteiger partial charge on any atom is -0.494 e. The van der Waals surface area contributed by atoms with Gasteiger partial charge in [0, 0.05) is 16.7 Å².